The summed E-state index contributed by atoms with van der Waals surface area (Å²) in [7, 11) is 0. The molecule has 1 saturated heterocycles. The minimum atomic E-state index is -2.70. The fraction of sp³-hybridized carbons (Fsp3) is 0.733. The van der Waals surface area contributed by atoms with Crippen molar-refractivity contribution < 1.29 is 18.7 Å². The van der Waals surface area contributed by atoms with Gasteiger partial charge in [0.1, 0.15) is 0 Å². The molecule has 2 heterocycles. The van der Waals surface area contributed by atoms with E-state index in [0.29, 0.717) is 34.6 Å². The summed E-state index contributed by atoms with van der Waals surface area (Å²) in [5.74, 6) is -0.0804. The normalized spacial score (nSPS) is 20.0. The third-order valence-electron chi connectivity index (χ3n) is 4.30. The number of carbonyl (C=O) groups excluding carboxylic acids is 1. The van der Waals surface area contributed by atoms with Gasteiger partial charge in [-0.1, -0.05) is 0 Å². The number of halogens is 2. The van der Waals surface area contributed by atoms with Gasteiger partial charge in [0.05, 0.1) is 18.2 Å². The summed E-state index contributed by atoms with van der Waals surface area (Å²) in [6.45, 7) is 2.88. The van der Waals surface area contributed by atoms with Crippen molar-refractivity contribution in [2.45, 2.75) is 65.1 Å². The summed E-state index contributed by atoms with van der Waals surface area (Å²) in [4.78, 5) is 14.3. The van der Waals surface area contributed by atoms with E-state index in [1.54, 1.807) is 25.7 Å². The summed E-state index contributed by atoms with van der Waals surface area (Å²) >= 11 is 0. The van der Waals surface area contributed by atoms with Crippen molar-refractivity contribution in [1.29, 1.82) is 0 Å². The lowest BCUT2D eigenvalue weighted by atomic mass is 10.1. The molecule has 0 saturated carbocycles. The average molecular weight is 315 g/mol. The van der Waals surface area contributed by atoms with Crippen LogP contribution in [0.4, 0.5) is 8.78 Å². The van der Waals surface area contributed by atoms with Gasteiger partial charge in [0.25, 0.3) is 0 Å². The van der Waals surface area contributed by atoms with Crippen LogP contribution >= 0.6 is 0 Å². The quantitative estimate of drug-likeness (QED) is 0.906. The van der Waals surface area contributed by atoms with E-state index < -0.39 is 12.7 Å². The Balaban J connectivity index is 2.12. The van der Waals surface area contributed by atoms with Crippen LogP contribution in [0.15, 0.2) is 0 Å². The van der Waals surface area contributed by atoms with E-state index in [1.807, 2.05) is 0 Å². The molecule has 0 bridgehead atoms. The van der Waals surface area contributed by atoms with Crippen molar-refractivity contribution in [1.82, 2.24) is 14.7 Å². The number of aromatic nitrogens is 2. The molecule has 22 heavy (non-hydrogen) atoms. The van der Waals surface area contributed by atoms with Crippen LogP contribution in [0.25, 0.3) is 0 Å². The molecule has 7 heteroatoms. The predicted octanol–water partition coefficient (Wildman–Crippen LogP) is 2.20. The highest BCUT2D eigenvalue weighted by Gasteiger charge is 2.30. The molecule has 1 aromatic rings. The number of aliphatic hydroxyl groups is 1. The van der Waals surface area contributed by atoms with Crippen molar-refractivity contribution >= 4 is 5.91 Å². The standard InChI is InChI=1S/C15H23F2N3O2/c1-9(21)7-12-5-4-6-19(12)14(22)8-13-10(2)18-20(11(13)3)15(16)17/h9,12,15,21H,4-8H2,1-3H3. The second kappa shape index (κ2) is 6.73. The van der Waals surface area contributed by atoms with Gasteiger partial charge in [-0.2, -0.15) is 13.9 Å². The summed E-state index contributed by atoms with van der Waals surface area (Å²) in [6.07, 6.45) is 1.98. The topological polar surface area (TPSA) is 58.4 Å². The lowest BCUT2D eigenvalue weighted by Crippen LogP contribution is -2.38. The Bertz CT molecular complexity index is 543. The second-order valence-electron chi connectivity index (χ2n) is 6.02. The largest absolute Gasteiger partial charge is 0.393 e. The highest BCUT2D eigenvalue weighted by Crippen LogP contribution is 2.25. The van der Waals surface area contributed by atoms with Crippen molar-refractivity contribution in [2.75, 3.05) is 6.54 Å². The highest BCUT2D eigenvalue weighted by atomic mass is 19.3. The Morgan fingerprint density at radius 3 is 2.68 bits per heavy atom. The van der Waals surface area contributed by atoms with Gasteiger partial charge >= 0.3 is 6.55 Å². The van der Waals surface area contributed by atoms with E-state index in [2.05, 4.69) is 5.10 Å². The first-order valence-corrected chi connectivity index (χ1v) is 7.61. The minimum Gasteiger partial charge on any atom is -0.393 e. The van der Waals surface area contributed by atoms with Crippen LogP contribution in [0.3, 0.4) is 0 Å². The number of rotatable bonds is 5. The van der Waals surface area contributed by atoms with E-state index in [1.165, 1.54) is 0 Å². The summed E-state index contributed by atoms with van der Waals surface area (Å²) in [6, 6.07) is 0.0401. The first-order valence-electron chi connectivity index (χ1n) is 7.61. The zero-order valence-corrected chi connectivity index (χ0v) is 13.2. The van der Waals surface area contributed by atoms with Crippen molar-refractivity contribution in [3.05, 3.63) is 17.0 Å². The number of alkyl halides is 2. The first-order chi connectivity index (χ1) is 10.3. The molecule has 5 nitrogen and oxygen atoms in total. The third-order valence-corrected chi connectivity index (χ3v) is 4.30. The number of nitrogens with zero attached hydrogens (tertiary/aromatic N) is 3. The Hall–Kier alpha value is -1.50. The van der Waals surface area contributed by atoms with Gasteiger partial charge in [-0.15, -0.1) is 0 Å². The number of likely N-dealkylation sites (tertiary alicyclic amines) is 1. The molecule has 0 aliphatic carbocycles. The maximum absolute atomic E-state index is 12.8. The van der Waals surface area contributed by atoms with Gasteiger partial charge in [0.15, 0.2) is 0 Å². The molecule has 1 aromatic heterocycles. The maximum atomic E-state index is 12.8. The van der Waals surface area contributed by atoms with E-state index in [4.69, 9.17) is 0 Å². The van der Waals surface area contributed by atoms with Gasteiger partial charge in [-0.3, -0.25) is 4.79 Å². The molecule has 2 rings (SSSR count). The molecule has 1 aliphatic heterocycles. The van der Waals surface area contributed by atoms with E-state index in [9.17, 15) is 18.7 Å². The third kappa shape index (κ3) is 3.45. The molecule has 1 amide bonds. The van der Waals surface area contributed by atoms with E-state index in [0.717, 1.165) is 12.8 Å². The highest BCUT2D eigenvalue weighted by molar-refractivity contribution is 5.80. The molecule has 1 aliphatic rings. The molecule has 2 atom stereocenters. The fourth-order valence-electron chi connectivity index (χ4n) is 3.20. The van der Waals surface area contributed by atoms with Gasteiger partial charge in [0.2, 0.25) is 5.91 Å². The Labute approximate surface area is 128 Å². The van der Waals surface area contributed by atoms with Crippen molar-refractivity contribution in [2.24, 2.45) is 0 Å². The lowest BCUT2D eigenvalue weighted by molar-refractivity contribution is -0.131. The summed E-state index contributed by atoms with van der Waals surface area (Å²) in [5, 5.41) is 13.3. The number of hydrogen-bond donors (Lipinski definition) is 1. The number of amides is 1. The van der Waals surface area contributed by atoms with Gasteiger partial charge in [-0.25, -0.2) is 4.68 Å². The molecule has 1 N–H and O–H groups in total. The number of hydrogen-bond acceptors (Lipinski definition) is 3. The van der Waals surface area contributed by atoms with Crippen molar-refractivity contribution in [3.8, 4) is 0 Å². The van der Waals surface area contributed by atoms with Gasteiger partial charge in [0, 0.05) is 23.8 Å². The van der Waals surface area contributed by atoms with Crippen LogP contribution in [0.1, 0.15) is 49.7 Å². The predicted molar refractivity (Wildman–Crippen MR) is 77.7 cm³/mol. The molecular formula is C15H23F2N3O2. The zero-order chi connectivity index (χ0) is 16.4. The van der Waals surface area contributed by atoms with E-state index in [-0.39, 0.29) is 18.4 Å². The molecule has 0 aromatic carbocycles. The van der Waals surface area contributed by atoms with Crippen LogP contribution in [-0.4, -0.2) is 44.4 Å². The van der Waals surface area contributed by atoms with Crippen molar-refractivity contribution in [3.63, 3.8) is 0 Å². The average Bonchev–Trinajstić information content (AvgIpc) is 2.97. The van der Waals surface area contributed by atoms with Crippen LogP contribution in [-0.2, 0) is 11.2 Å². The van der Waals surface area contributed by atoms with Crippen LogP contribution in [0.5, 0.6) is 0 Å². The number of aryl methyl sites for hydroxylation is 1. The van der Waals surface area contributed by atoms with Crippen LogP contribution in [0, 0.1) is 13.8 Å². The molecule has 2 unspecified atom stereocenters. The minimum absolute atomic E-state index is 0.0401. The SMILES string of the molecule is Cc1nn(C(F)F)c(C)c1CC(=O)N1CCCC1CC(C)O. The molecular weight excluding hydrogens is 292 g/mol. The lowest BCUT2D eigenvalue weighted by Gasteiger charge is -2.26. The van der Waals surface area contributed by atoms with Crippen LogP contribution < -0.4 is 0 Å². The Morgan fingerprint density at radius 1 is 1.45 bits per heavy atom. The first kappa shape index (κ1) is 16.9. The maximum Gasteiger partial charge on any atom is 0.333 e. The summed E-state index contributed by atoms with van der Waals surface area (Å²) < 4.78 is 26.3. The second-order valence-corrected chi connectivity index (χ2v) is 6.02. The molecule has 124 valence electrons. The molecule has 0 radical (unpaired) electrons. The monoisotopic (exact) mass is 315 g/mol. The van der Waals surface area contributed by atoms with E-state index >= 15 is 0 Å². The number of aliphatic hydroxyl groups excluding tert-OH is 1. The smallest absolute Gasteiger partial charge is 0.333 e. The zero-order valence-electron chi connectivity index (χ0n) is 13.2. The molecule has 0 spiro atoms. The number of carbonyl (C=O) groups is 1. The summed E-state index contributed by atoms with van der Waals surface area (Å²) in [5.41, 5.74) is 1.39. The Morgan fingerprint density at radius 2 is 2.14 bits per heavy atom. The van der Waals surface area contributed by atoms with Gasteiger partial charge < -0.3 is 10.0 Å². The molecule has 1 fully saturated rings. The van der Waals surface area contributed by atoms with Crippen LogP contribution in [0.2, 0.25) is 0 Å². The Kier molecular flexibility index (Phi) is 5.16. The fourth-order valence-corrected chi connectivity index (χ4v) is 3.20. The van der Waals surface area contributed by atoms with Gasteiger partial charge in [-0.05, 0) is 40.0 Å².